The number of nitrogens with one attached hydrogen (secondary N) is 1. The molecule has 1 aliphatic heterocycles. The van der Waals surface area contributed by atoms with Crippen LogP contribution in [0.5, 0.6) is 5.75 Å². The number of fused-ring (bicyclic) bond motifs is 3. The van der Waals surface area contributed by atoms with Crippen molar-refractivity contribution in [3.63, 3.8) is 0 Å². The second-order valence-electron chi connectivity index (χ2n) is 9.15. The minimum absolute atomic E-state index is 0.0305. The van der Waals surface area contributed by atoms with Gasteiger partial charge in [0.25, 0.3) is 0 Å². The summed E-state index contributed by atoms with van der Waals surface area (Å²) in [5.41, 5.74) is 7.50. The lowest BCUT2D eigenvalue weighted by molar-refractivity contribution is -0.139. The molecule has 37 heavy (non-hydrogen) atoms. The Kier molecular flexibility index (Phi) is 6.80. The highest BCUT2D eigenvalue weighted by Gasteiger charge is 2.43. The van der Waals surface area contributed by atoms with Gasteiger partial charge in [-0.05, 0) is 69.3 Å². The van der Waals surface area contributed by atoms with Gasteiger partial charge in [0, 0.05) is 17.5 Å². The second kappa shape index (κ2) is 9.90. The number of amides is 2. The van der Waals surface area contributed by atoms with E-state index in [4.69, 9.17) is 10.5 Å². The second-order valence-corrected chi connectivity index (χ2v) is 10.8. The molecule has 5 rings (SSSR count). The quantitative estimate of drug-likeness (QED) is 0.314. The largest absolute Gasteiger partial charge is 0.495 e. The molecule has 3 aromatic heterocycles. The number of benzene rings is 1. The topological polar surface area (TPSA) is 128 Å². The van der Waals surface area contributed by atoms with Gasteiger partial charge in [-0.1, -0.05) is 13.0 Å². The number of carbonyl (C=O) groups excluding carboxylic acids is 2. The number of halogens is 2. The fraction of sp³-hybridized carbons (Fsp3) is 0.320. The molecule has 1 saturated heterocycles. The van der Waals surface area contributed by atoms with Crippen LogP contribution >= 0.6 is 31.9 Å². The van der Waals surface area contributed by atoms with Crippen molar-refractivity contribution in [2.45, 2.75) is 38.9 Å². The first kappa shape index (κ1) is 25.4. The van der Waals surface area contributed by atoms with Gasteiger partial charge in [-0.3, -0.25) is 9.59 Å². The SMILES string of the molecule is COc1cc2c(cc1Br)c1c(N)ncnc1n2CC(=O)N1[C@H](C)[C@H](C)C[C@H]1C(=O)Nc1cccc(Br)n1. The number of methoxy groups -OCH3 is 1. The molecule has 2 amide bonds. The summed E-state index contributed by atoms with van der Waals surface area (Å²) in [6.07, 6.45) is 1.93. The summed E-state index contributed by atoms with van der Waals surface area (Å²) in [7, 11) is 1.58. The number of aromatic nitrogens is 4. The van der Waals surface area contributed by atoms with E-state index < -0.39 is 6.04 Å². The van der Waals surface area contributed by atoms with Crippen LogP contribution in [0.4, 0.5) is 11.6 Å². The summed E-state index contributed by atoms with van der Waals surface area (Å²) in [6.45, 7) is 3.99. The van der Waals surface area contributed by atoms with E-state index in [9.17, 15) is 9.59 Å². The van der Waals surface area contributed by atoms with E-state index in [1.54, 1.807) is 34.8 Å². The lowest BCUT2D eigenvalue weighted by atomic mass is 10.0. The average molecular weight is 631 g/mol. The minimum Gasteiger partial charge on any atom is -0.495 e. The maximum atomic E-state index is 13.9. The zero-order valence-corrected chi connectivity index (χ0v) is 23.6. The van der Waals surface area contributed by atoms with E-state index in [1.807, 2.05) is 26.0 Å². The maximum absolute atomic E-state index is 13.9. The van der Waals surface area contributed by atoms with E-state index in [2.05, 4.69) is 52.1 Å². The Balaban J connectivity index is 1.52. The van der Waals surface area contributed by atoms with E-state index >= 15 is 0 Å². The summed E-state index contributed by atoms with van der Waals surface area (Å²) in [5.74, 6) is 1.03. The van der Waals surface area contributed by atoms with Crippen LogP contribution in [0.2, 0.25) is 0 Å². The van der Waals surface area contributed by atoms with E-state index in [1.165, 1.54) is 6.33 Å². The number of ether oxygens (including phenoxy) is 1. The Morgan fingerprint density at radius 1 is 1.22 bits per heavy atom. The van der Waals surface area contributed by atoms with E-state index in [0.717, 1.165) is 15.4 Å². The van der Waals surface area contributed by atoms with Gasteiger partial charge in [-0.15, -0.1) is 0 Å². The predicted octanol–water partition coefficient (Wildman–Crippen LogP) is 4.36. The predicted molar refractivity (Wildman–Crippen MR) is 148 cm³/mol. The van der Waals surface area contributed by atoms with Crippen molar-refractivity contribution in [1.29, 1.82) is 0 Å². The molecule has 0 spiro atoms. The summed E-state index contributed by atoms with van der Waals surface area (Å²) in [5, 5.41) is 4.31. The zero-order valence-electron chi connectivity index (χ0n) is 20.4. The molecular weight excluding hydrogens is 606 g/mol. The summed E-state index contributed by atoms with van der Waals surface area (Å²) < 4.78 is 8.66. The first-order chi connectivity index (χ1) is 17.7. The van der Waals surface area contributed by atoms with Gasteiger partial charge in [0.05, 0.1) is 22.5 Å². The van der Waals surface area contributed by atoms with Crippen molar-refractivity contribution in [1.82, 2.24) is 24.4 Å². The Morgan fingerprint density at radius 2 is 2.00 bits per heavy atom. The van der Waals surface area contributed by atoms with Crippen LogP contribution < -0.4 is 15.8 Å². The highest BCUT2D eigenvalue weighted by atomic mass is 79.9. The molecule has 0 saturated carbocycles. The third kappa shape index (κ3) is 4.52. The lowest BCUT2D eigenvalue weighted by Gasteiger charge is -2.29. The van der Waals surface area contributed by atoms with Crippen LogP contribution in [-0.2, 0) is 16.1 Å². The van der Waals surface area contributed by atoms with Crippen LogP contribution in [0.3, 0.4) is 0 Å². The molecule has 12 heteroatoms. The third-order valence-electron chi connectivity index (χ3n) is 6.99. The van der Waals surface area contributed by atoms with Crippen LogP contribution in [0, 0.1) is 5.92 Å². The van der Waals surface area contributed by atoms with Gasteiger partial charge in [-0.2, -0.15) is 0 Å². The first-order valence-electron chi connectivity index (χ1n) is 11.7. The number of likely N-dealkylation sites (tertiary alicyclic amines) is 1. The number of nitrogen functional groups attached to an aromatic ring is 1. The Labute approximate surface area is 229 Å². The molecule has 0 aliphatic carbocycles. The Hall–Kier alpha value is -3.25. The fourth-order valence-electron chi connectivity index (χ4n) is 5.01. The van der Waals surface area contributed by atoms with Crippen LogP contribution in [0.15, 0.2) is 45.7 Å². The lowest BCUT2D eigenvalue weighted by Crippen LogP contribution is -2.47. The minimum atomic E-state index is -0.630. The molecule has 4 aromatic rings. The first-order valence-corrected chi connectivity index (χ1v) is 13.3. The third-order valence-corrected chi connectivity index (χ3v) is 8.05. The summed E-state index contributed by atoms with van der Waals surface area (Å²) >= 11 is 6.85. The fourth-order valence-corrected chi connectivity index (χ4v) is 5.86. The number of rotatable bonds is 5. The molecule has 0 unspecified atom stereocenters. The summed E-state index contributed by atoms with van der Waals surface area (Å²) in [6, 6.07) is 8.25. The highest BCUT2D eigenvalue weighted by Crippen LogP contribution is 2.38. The van der Waals surface area contributed by atoms with Crippen LogP contribution in [-0.4, -0.2) is 55.4 Å². The average Bonchev–Trinajstić information content (AvgIpc) is 3.32. The van der Waals surface area contributed by atoms with E-state index in [-0.39, 0.29) is 30.3 Å². The van der Waals surface area contributed by atoms with Gasteiger partial charge in [0.1, 0.15) is 46.5 Å². The zero-order chi connectivity index (χ0) is 26.4. The van der Waals surface area contributed by atoms with Crippen LogP contribution in [0.25, 0.3) is 21.9 Å². The molecule has 0 radical (unpaired) electrons. The van der Waals surface area contributed by atoms with Crippen molar-refractivity contribution in [2.75, 3.05) is 18.2 Å². The molecule has 3 atom stereocenters. The summed E-state index contributed by atoms with van der Waals surface area (Å²) in [4.78, 5) is 41.7. The number of hydrogen-bond donors (Lipinski definition) is 2. The van der Waals surface area contributed by atoms with Crippen molar-refractivity contribution in [3.8, 4) is 5.75 Å². The smallest absolute Gasteiger partial charge is 0.248 e. The number of anilines is 2. The number of hydrogen-bond acceptors (Lipinski definition) is 7. The molecule has 0 bridgehead atoms. The Bertz CT molecular complexity index is 1540. The molecule has 4 heterocycles. The van der Waals surface area contributed by atoms with Gasteiger partial charge >= 0.3 is 0 Å². The molecule has 1 aliphatic rings. The molecule has 1 fully saturated rings. The number of nitrogens with zero attached hydrogens (tertiary/aromatic N) is 5. The molecule has 3 N–H and O–H groups in total. The normalized spacial score (nSPS) is 19.5. The van der Waals surface area contributed by atoms with Gasteiger partial charge in [0.2, 0.25) is 11.8 Å². The van der Waals surface area contributed by atoms with Crippen molar-refractivity contribution < 1.29 is 14.3 Å². The van der Waals surface area contributed by atoms with Crippen molar-refractivity contribution in [3.05, 3.63) is 45.7 Å². The highest BCUT2D eigenvalue weighted by molar-refractivity contribution is 9.10. The maximum Gasteiger partial charge on any atom is 0.248 e. The number of pyridine rings is 1. The number of carbonyl (C=O) groups is 2. The Morgan fingerprint density at radius 3 is 2.73 bits per heavy atom. The number of nitrogens with two attached hydrogens (primary N) is 1. The molecule has 10 nitrogen and oxygen atoms in total. The van der Waals surface area contributed by atoms with Gasteiger partial charge in [-0.25, -0.2) is 15.0 Å². The standard InChI is InChI=1S/C25H25Br2N7O3/c1-12-7-17(25(36)32-20-6-4-5-19(27)31-20)34(13(12)2)21(35)10-33-16-9-18(37-3)15(26)8-14(16)22-23(28)29-11-30-24(22)33/h4-6,8-9,11-13,17H,7,10H2,1-3H3,(H2,28,29,30)(H,31,32,36)/t12-,13-,17+/m1/s1. The van der Waals surface area contributed by atoms with Gasteiger partial charge in [0.15, 0.2) is 0 Å². The van der Waals surface area contributed by atoms with Gasteiger partial charge < -0.3 is 25.3 Å². The molecular formula is C25H25Br2N7O3. The monoisotopic (exact) mass is 629 g/mol. The van der Waals surface area contributed by atoms with E-state index in [0.29, 0.717) is 39.4 Å². The molecule has 1 aromatic carbocycles. The van der Waals surface area contributed by atoms with Crippen LogP contribution in [0.1, 0.15) is 20.3 Å². The van der Waals surface area contributed by atoms with Crippen molar-refractivity contribution >= 4 is 77.2 Å². The van der Waals surface area contributed by atoms with Crippen molar-refractivity contribution in [2.24, 2.45) is 5.92 Å². The molecule has 192 valence electrons.